The molecule has 3 heterocycles. The molecule has 1 fully saturated rings. The number of aromatic nitrogens is 3. The third-order valence-electron chi connectivity index (χ3n) is 5.09. The highest BCUT2D eigenvalue weighted by Gasteiger charge is 2.26. The average molecular weight is 374 g/mol. The monoisotopic (exact) mass is 374 g/mol. The van der Waals surface area contributed by atoms with E-state index in [1.165, 1.54) is 11.3 Å². The largest absolute Gasteiger partial charge is 0.376 e. The molecule has 1 aliphatic carbocycles. The van der Waals surface area contributed by atoms with E-state index in [0.717, 1.165) is 48.4 Å². The maximum Gasteiger partial charge on any atom is 0.270 e. The Kier molecular flexibility index (Phi) is 4.86. The average Bonchev–Trinajstić information content (AvgIpc) is 3.08. The summed E-state index contributed by atoms with van der Waals surface area (Å²) < 4.78 is 7.04. The molecule has 4 rings (SSSR count). The van der Waals surface area contributed by atoms with Crippen molar-refractivity contribution in [3.05, 3.63) is 43.8 Å². The van der Waals surface area contributed by atoms with Crippen molar-refractivity contribution in [2.75, 3.05) is 6.61 Å². The van der Waals surface area contributed by atoms with Gasteiger partial charge in [0, 0.05) is 29.5 Å². The van der Waals surface area contributed by atoms with E-state index < -0.39 is 0 Å². The zero-order valence-corrected chi connectivity index (χ0v) is 15.6. The van der Waals surface area contributed by atoms with Crippen molar-refractivity contribution in [1.29, 1.82) is 0 Å². The Bertz CT molecular complexity index is 868. The fourth-order valence-electron chi connectivity index (χ4n) is 3.68. The van der Waals surface area contributed by atoms with Crippen LogP contribution in [0, 0.1) is 6.92 Å². The Balaban J connectivity index is 1.39. The molecule has 0 unspecified atom stereocenters. The molecule has 1 aliphatic heterocycles. The molecular weight excluding hydrogens is 352 g/mol. The van der Waals surface area contributed by atoms with Gasteiger partial charge in [-0.15, -0.1) is 11.3 Å². The predicted octanol–water partition coefficient (Wildman–Crippen LogP) is 1.99. The summed E-state index contributed by atoms with van der Waals surface area (Å²) in [6.07, 6.45) is 4.11. The maximum atomic E-state index is 12.4. The van der Waals surface area contributed by atoms with Gasteiger partial charge in [-0.05, 0) is 32.6 Å². The molecule has 2 aromatic rings. The van der Waals surface area contributed by atoms with Crippen LogP contribution in [0.1, 0.15) is 58.5 Å². The standard InChI is InChI=1S/C18H22N4O3S/c1-11-19-16(10-26-11)18(24)20-13-2-4-14(5-3-13)22-17(23)8-12-9-25-7-6-15(12)21-22/h8,10,13-14H,2-7,9H2,1H3,(H,20,24). The summed E-state index contributed by atoms with van der Waals surface area (Å²) in [4.78, 5) is 28.9. The molecule has 138 valence electrons. The predicted molar refractivity (Wildman–Crippen MR) is 97.5 cm³/mol. The first-order valence-corrected chi connectivity index (χ1v) is 9.90. The summed E-state index contributed by atoms with van der Waals surface area (Å²) in [6, 6.07) is 1.90. The van der Waals surface area contributed by atoms with Crippen LogP contribution in [0.3, 0.4) is 0 Å². The molecule has 7 nitrogen and oxygen atoms in total. The highest BCUT2D eigenvalue weighted by Crippen LogP contribution is 2.27. The first-order valence-electron chi connectivity index (χ1n) is 9.02. The van der Waals surface area contributed by atoms with Crippen LogP contribution in [0.25, 0.3) is 0 Å². The molecule has 0 atom stereocenters. The fraction of sp³-hybridized carbons (Fsp3) is 0.556. The number of carbonyl (C=O) groups is 1. The van der Waals surface area contributed by atoms with E-state index in [2.05, 4.69) is 15.4 Å². The molecule has 1 amide bonds. The third kappa shape index (κ3) is 3.57. The summed E-state index contributed by atoms with van der Waals surface area (Å²) >= 11 is 1.48. The van der Waals surface area contributed by atoms with Gasteiger partial charge in [-0.1, -0.05) is 0 Å². The summed E-state index contributed by atoms with van der Waals surface area (Å²) in [7, 11) is 0. The molecule has 0 aromatic carbocycles. The first kappa shape index (κ1) is 17.4. The van der Waals surface area contributed by atoms with Gasteiger partial charge in [-0.2, -0.15) is 5.10 Å². The number of aryl methyl sites for hydroxylation is 1. The van der Waals surface area contributed by atoms with Crippen LogP contribution in [0.5, 0.6) is 0 Å². The van der Waals surface area contributed by atoms with E-state index in [9.17, 15) is 9.59 Å². The number of ether oxygens (including phenoxy) is 1. The molecule has 0 bridgehead atoms. The Morgan fingerprint density at radius 2 is 2.15 bits per heavy atom. The van der Waals surface area contributed by atoms with Crippen LogP contribution >= 0.6 is 11.3 Å². The molecular formula is C18H22N4O3S. The number of nitrogens with zero attached hydrogens (tertiary/aromatic N) is 3. The van der Waals surface area contributed by atoms with E-state index in [1.807, 2.05) is 6.92 Å². The lowest BCUT2D eigenvalue weighted by atomic mass is 9.91. The third-order valence-corrected chi connectivity index (χ3v) is 5.87. The zero-order chi connectivity index (χ0) is 18.1. The lowest BCUT2D eigenvalue weighted by Gasteiger charge is -2.30. The number of carbonyl (C=O) groups excluding carboxylic acids is 1. The van der Waals surface area contributed by atoms with Crippen LogP contribution in [-0.2, 0) is 17.8 Å². The Labute approximate surface area is 155 Å². The van der Waals surface area contributed by atoms with Crippen molar-refractivity contribution in [3.63, 3.8) is 0 Å². The van der Waals surface area contributed by atoms with Gasteiger partial charge in [0.2, 0.25) is 0 Å². The second-order valence-electron chi connectivity index (χ2n) is 6.93. The van der Waals surface area contributed by atoms with Crippen molar-refractivity contribution in [1.82, 2.24) is 20.1 Å². The molecule has 0 saturated heterocycles. The minimum atomic E-state index is -0.109. The Morgan fingerprint density at radius 3 is 2.88 bits per heavy atom. The van der Waals surface area contributed by atoms with Gasteiger partial charge in [0.15, 0.2) is 0 Å². The van der Waals surface area contributed by atoms with Crippen LogP contribution in [-0.4, -0.2) is 33.3 Å². The first-order chi connectivity index (χ1) is 12.6. The quantitative estimate of drug-likeness (QED) is 0.888. The Morgan fingerprint density at radius 1 is 1.35 bits per heavy atom. The number of hydrogen-bond acceptors (Lipinski definition) is 6. The molecule has 2 aromatic heterocycles. The number of rotatable bonds is 3. The molecule has 0 spiro atoms. The van der Waals surface area contributed by atoms with E-state index in [4.69, 9.17) is 4.74 Å². The number of amides is 1. The van der Waals surface area contributed by atoms with Crippen LogP contribution in [0.2, 0.25) is 0 Å². The summed E-state index contributed by atoms with van der Waals surface area (Å²) in [6.45, 7) is 3.03. The van der Waals surface area contributed by atoms with Gasteiger partial charge in [0.05, 0.1) is 30.0 Å². The fourth-order valence-corrected chi connectivity index (χ4v) is 4.27. The van der Waals surface area contributed by atoms with Gasteiger partial charge in [0.25, 0.3) is 11.5 Å². The molecule has 1 saturated carbocycles. The highest BCUT2D eigenvalue weighted by molar-refractivity contribution is 7.09. The zero-order valence-electron chi connectivity index (χ0n) is 14.7. The normalized spacial score (nSPS) is 22.7. The van der Waals surface area contributed by atoms with Crippen molar-refractivity contribution < 1.29 is 9.53 Å². The molecule has 1 N–H and O–H groups in total. The van der Waals surface area contributed by atoms with Crippen molar-refractivity contribution in [2.24, 2.45) is 0 Å². The molecule has 2 aliphatic rings. The minimum Gasteiger partial charge on any atom is -0.376 e. The highest BCUT2D eigenvalue weighted by atomic mass is 32.1. The van der Waals surface area contributed by atoms with E-state index >= 15 is 0 Å². The van der Waals surface area contributed by atoms with Gasteiger partial charge in [0.1, 0.15) is 5.69 Å². The Hall–Kier alpha value is -2.06. The van der Waals surface area contributed by atoms with E-state index in [-0.39, 0.29) is 23.6 Å². The number of nitrogens with one attached hydrogen (secondary N) is 1. The second-order valence-corrected chi connectivity index (χ2v) is 7.99. The van der Waals surface area contributed by atoms with Crippen molar-refractivity contribution >= 4 is 17.2 Å². The molecule has 0 radical (unpaired) electrons. The smallest absolute Gasteiger partial charge is 0.270 e. The summed E-state index contributed by atoms with van der Waals surface area (Å²) in [5.41, 5.74) is 2.33. The topological polar surface area (TPSA) is 86.1 Å². The van der Waals surface area contributed by atoms with Crippen molar-refractivity contribution in [3.8, 4) is 0 Å². The SMILES string of the molecule is Cc1nc(C(=O)NC2CCC(n3nc4c(cc3=O)COCC4)CC2)cs1. The minimum absolute atomic E-state index is 0.0558. The lowest BCUT2D eigenvalue weighted by Crippen LogP contribution is -2.40. The number of fused-ring (bicyclic) bond motifs is 1. The summed E-state index contributed by atoms with van der Waals surface area (Å²) in [5.74, 6) is -0.109. The maximum absolute atomic E-state index is 12.4. The van der Waals surface area contributed by atoms with Crippen LogP contribution < -0.4 is 10.9 Å². The van der Waals surface area contributed by atoms with Gasteiger partial charge in [-0.25, -0.2) is 9.67 Å². The van der Waals surface area contributed by atoms with Gasteiger partial charge < -0.3 is 10.1 Å². The van der Waals surface area contributed by atoms with Crippen LogP contribution in [0.15, 0.2) is 16.2 Å². The van der Waals surface area contributed by atoms with Crippen LogP contribution in [0.4, 0.5) is 0 Å². The molecule has 8 heteroatoms. The molecule has 26 heavy (non-hydrogen) atoms. The van der Waals surface area contributed by atoms with E-state index in [1.54, 1.807) is 16.1 Å². The van der Waals surface area contributed by atoms with Gasteiger partial charge in [-0.3, -0.25) is 9.59 Å². The van der Waals surface area contributed by atoms with Gasteiger partial charge >= 0.3 is 0 Å². The summed E-state index contributed by atoms with van der Waals surface area (Å²) in [5, 5.41) is 10.3. The van der Waals surface area contributed by atoms with Crippen molar-refractivity contribution in [2.45, 2.75) is 57.7 Å². The second kappa shape index (κ2) is 7.28. The van der Waals surface area contributed by atoms with E-state index in [0.29, 0.717) is 18.9 Å². The number of thiazole rings is 1. The lowest BCUT2D eigenvalue weighted by molar-refractivity contribution is 0.0916. The number of hydrogen-bond donors (Lipinski definition) is 1.